The lowest BCUT2D eigenvalue weighted by Crippen LogP contribution is -2.51. The molecule has 0 unspecified atom stereocenters. The second kappa shape index (κ2) is 7.16. The van der Waals surface area contributed by atoms with E-state index in [0.29, 0.717) is 5.92 Å². The molecule has 2 rings (SSSR count). The van der Waals surface area contributed by atoms with Gasteiger partial charge >= 0.3 is 5.97 Å². The van der Waals surface area contributed by atoms with Gasteiger partial charge in [0, 0.05) is 12.5 Å². The van der Waals surface area contributed by atoms with Crippen molar-refractivity contribution in [2.45, 2.75) is 70.6 Å². The quantitative estimate of drug-likeness (QED) is 0.573. The number of rotatable bonds is 4. The van der Waals surface area contributed by atoms with Crippen LogP contribution in [0.2, 0.25) is 0 Å². The second-order valence-corrected chi connectivity index (χ2v) is 10.6. The maximum atomic E-state index is 13.0. The molecule has 0 bridgehead atoms. The molecule has 2 atom stereocenters. The highest BCUT2D eigenvalue weighted by Crippen LogP contribution is 2.43. The summed E-state index contributed by atoms with van der Waals surface area (Å²) >= 11 is 0. The molecule has 0 amide bonds. The van der Waals surface area contributed by atoms with Crippen molar-refractivity contribution in [1.29, 1.82) is 0 Å². The molecule has 6 heteroatoms. The Labute approximate surface area is 146 Å². The Hall–Kier alpha value is -0.880. The van der Waals surface area contributed by atoms with E-state index >= 15 is 0 Å². The zero-order valence-electron chi connectivity index (χ0n) is 15.4. The minimum Gasteiger partial charge on any atom is -0.465 e. The van der Waals surface area contributed by atoms with Gasteiger partial charge < -0.3 is 4.74 Å². The highest BCUT2D eigenvalue weighted by molar-refractivity contribution is 7.90. The molecule has 2 aliphatic rings. The third-order valence-electron chi connectivity index (χ3n) is 5.25. The van der Waals surface area contributed by atoms with Crippen LogP contribution in [0.15, 0.2) is 12.2 Å². The highest BCUT2D eigenvalue weighted by Gasteiger charge is 2.53. The molecule has 0 radical (unpaired) electrons. The van der Waals surface area contributed by atoms with Gasteiger partial charge in [-0.3, -0.25) is 4.79 Å². The van der Waals surface area contributed by atoms with E-state index in [1.54, 1.807) is 27.7 Å². The third-order valence-corrected chi connectivity index (χ3v) is 7.77. The van der Waals surface area contributed by atoms with Crippen molar-refractivity contribution >= 4 is 16.0 Å². The molecule has 5 nitrogen and oxygen atoms in total. The molecular weight excluding hydrogens is 326 g/mol. The fraction of sp³-hybridized carbons (Fsp3) is 0.833. The van der Waals surface area contributed by atoms with Crippen LogP contribution in [-0.4, -0.2) is 42.6 Å². The van der Waals surface area contributed by atoms with Gasteiger partial charge in [-0.05, 0) is 46.5 Å². The van der Waals surface area contributed by atoms with Crippen molar-refractivity contribution in [2.24, 2.45) is 11.8 Å². The standard InChI is InChI=1S/C18H31NO4S/c1-6-23-17(20)16-15(14-10-8-7-9-11-14)13(2)12-19(16)24(21,22)18(3,4)5/h14-16H,2,6-12H2,1,3-5H3/t15-,16-/m0/s1. The van der Waals surface area contributed by atoms with Gasteiger partial charge in [0.05, 0.1) is 11.4 Å². The van der Waals surface area contributed by atoms with Gasteiger partial charge in [0.25, 0.3) is 0 Å². The Morgan fingerprint density at radius 3 is 2.33 bits per heavy atom. The molecule has 0 N–H and O–H groups in total. The van der Waals surface area contributed by atoms with Crippen molar-refractivity contribution in [3.8, 4) is 0 Å². The summed E-state index contributed by atoms with van der Waals surface area (Å²) in [6, 6.07) is -0.759. The van der Waals surface area contributed by atoms with E-state index in [1.165, 1.54) is 10.7 Å². The van der Waals surface area contributed by atoms with Crippen LogP contribution in [0.4, 0.5) is 0 Å². The first-order valence-corrected chi connectivity index (χ1v) is 10.4. The zero-order chi connectivity index (χ0) is 18.1. The smallest absolute Gasteiger partial charge is 0.325 e. The largest absolute Gasteiger partial charge is 0.465 e. The fourth-order valence-electron chi connectivity index (χ4n) is 3.97. The molecule has 1 heterocycles. The van der Waals surface area contributed by atoms with Crippen LogP contribution >= 0.6 is 0 Å². The van der Waals surface area contributed by atoms with Crippen molar-refractivity contribution in [3.63, 3.8) is 0 Å². The number of sulfonamides is 1. The summed E-state index contributed by atoms with van der Waals surface area (Å²) in [6.45, 7) is 11.4. The summed E-state index contributed by atoms with van der Waals surface area (Å²) in [5, 5.41) is 0. The topological polar surface area (TPSA) is 63.7 Å². The Morgan fingerprint density at radius 1 is 1.25 bits per heavy atom. The summed E-state index contributed by atoms with van der Waals surface area (Å²) in [5.41, 5.74) is 0.854. The van der Waals surface area contributed by atoms with Gasteiger partial charge in [-0.25, -0.2) is 8.42 Å². The maximum Gasteiger partial charge on any atom is 0.325 e. The van der Waals surface area contributed by atoms with Gasteiger partial charge in [-0.15, -0.1) is 0 Å². The van der Waals surface area contributed by atoms with E-state index in [2.05, 4.69) is 6.58 Å². The Kier molecular flexibility index (Phi) is 5.80. The number of esters is 1. The number of ether oxygens (including phenoxy) is 1. The van der Waals surface area contributed by atoms with Crippen LogP contribution in [-0.2, 0) is 19.6 Å². The number of carbonyl (C=O) groups is 1. The van der Waals surface area contributed by atoms with Crippen molar-refractivity contribution in [3.05, 3.63) is 12.2 Å². The van der Waals surface area contributed by atoms with Crippen molar-refractivity contribution in [2.75, 3.05) is 13.2 Å². The molecule has 0 aromatic heterocycles. The first kappa shape index (κ1) is 19.4. The van der Waals surface area contributed by atoms with Crippen LogP contribution in [0.25, 0.3) is 0 Å². The monoisotopic (exact) mass is 357 g/mol. The van der Waals surface area contributed by atoms with Crippen LogP contribution in [0.1, 0.15) is 59.8 Å². The molecule has 1 aliphatic carbocycles. The zero-order valence-corrected chi connectivity index (χ0v) is 16.2. The summed E-state index contributed by atoms with van der Waals surface area (Å²) in [4.78, 5) is 12.7. The average Bonchev–Trinajstić information content (AvgIpc) is 2.85. The van der Waals surface area contributed by atoms with E-state index in [1.807, 2.05) is 0 Å². The molecule has 1 aliphatic heterocycles. The predicted molar refractivity (Wildman–Crippen MR) is 95.0 cm³/mol. The lowest BCUT2D eigenvalue weighted by molar-refractivity contribution is -0.148. The number of hydrogen-bond acceptors (Lipinski definition) is 4. The van der Waals surface area contributed by atoms with Crippen LogP contribution in [0.3, 0.4) is 0 Å². The molecular formula is C18H31NO4S. The average molecular weight is 358 g/mol. The molecule has 2 fully saturated rings. The minimum atomic E-state index is -3.62. The molecule has 1 saturated carbocycles. The third kappa shape index (κ3) is 3.54. The van der Waals surface area contributed by atoms with E-state index in [-0.39, 0.29) is 19.1 Å². The lowest BCUT2D eigenvalue weighted by atomic mass is 9.75. The predicted octanol–water partition coefficient (Wildman–Crippen LogP) is 3.11. The summed E-state index contributed by atoms with van der Waals surface area (Å²) in [7, 11) is -3.62. The number of nitrogens with zero attached hydrogens (tertiary/aromatic N) is 1. The first-order chi connectivity index (χ1) is 11.1. The van der Waals surface area contributed by atoms with E-state index in [0.717, 1.165) is 31.3 Å². The van der Waals surface area contributed by atoms with Crippen molar-refractivity contribution < 1.29 is 17.9 Å². The van der Waals surface area contributed by atoms with Gasteiger partial charge in [-0.1, -0.05) is 31.4 Å². The highest BCUT2D eigenvalue weighted by atomic mass is 32.2. The lowest BCUT2D eigenvalue weighted by Gasteiger charge is -2.34. The van der Waals surface area contributed by atoms with Crippen LogP contribution in [0.5, 0.6) is 0 Å². The Balaban J connectivity index is 2.41. The maximum absolute atomic E-state index is 13.0. The SMILES string of the molecule is C=C1CN(S(=O)(=O)C(C)(C)C)[C@H](C(=O)OCC)[C@@H]1C1CCCCC1. The fourth-order valence-corrected chi connectivity index (χ4v) is 5.52. The van der Waals surface area contributed by atoms with E-state index < -0.39 is 26.8 Å². The van der Waals surface area contributed by atoms with Crippen LogP contribution < -0.4 is 0 Å². The number of carbonyl (C=O) groups excluding carboxylic acids is 1. The second-order valence-electron chi connectivity index (χ2n) is 7.94. The van der Waals surface area contributed by atoms with Gasteiger partial charge in [0.15, 0.2) is 0 Å². The summed E-state index contributed by atoms with van der Waals surface area (Å²) in [5.74, 6) is -0.234. The van der Waals surface area contributed by atoms with E-state index in [9.17, 15) is 13.2 Å². The summed E-state index contributed by atoms with van der Waals surface area (Å²) < 4.78 is 31.7. The van der Waals surface area contributed by atoms with Gasteiger partial charge in [-0.2, -0.15) is 4.31 Å². The van der Waals surface area contributed by atoms with Gasteiger partial charge in [0.2, 0.25) is 10.0 Å². The Bertz CT molecular complexity index is 585. The normalized spacial score (nSPS) is 27.4. The number of hydrogen-bond donors (Lipinski definition) is 0. The molecule has 0 spiro atoms. The van der Waals surface area contributed by atoms with E-state index in [4.69, 9.17) is 4.74 Å². The molecule has 138 valence electrons. The van der Waals surface area contributed by atoms with Crippen LogP contribution in [0, 0.1) is 11.8 Å². The molecule has 24 heavy (non-hydrogen) atoms. The molecule has 1 saturated heterocycles. The Morgan fingerprint density at radius 2 is 1.83 bits per heavy atom. The van der Waals surface area contributed by atoms with Gasteiger partial charge in [0.1, 0.15) is 6.04 Å². The first-order valence-electron chi connectivity index (χ1n) is 8.97. The van der Waals surface area contributed by atoms with Crippen molar-refractivity contribution in [1.82, 2.24) is 4.31 Å². The molecule has 0 aromatic rings. The summed E-state index contributed by atoms with van der Waals surface area (Å²) in [6.07, 6.45) is 5.54. The molecule has 0 aromatic carbocycles. The minimum absolute atomic E-state index is 0.124.